The van der Waals surface area contributed by atoms with Crippen LogP contribution < -0.4 is 0 Å². The zero-order valence-electron chi connectivity index (χ0n) is 19.7. The monoisotopic (exact) mass is 470 g/mol. The van der Waals surface area contributed by atoms with Gasteiger partial charge in [-0.25, -0.2) is 0 Å². The summed E-state index contributed by atoms with van der Waals surface area (Å²) in [5.41, 5.74) is 5.43. The van der Waals surface area contributed by atoms with Crippen molar-refractivity contribution in [3.8, 4) is 6.07 Å². The van der Waals surface area contributed by atoms with E-state index in [1.807, 2.05) is 0 Å². The van der Waals surface area contributed by atoms with Crippen LogP contribution in [-0.2, 0) is 22.6 Å². The Morgan fingerprint density at radius 1 is 0.875 bits per heavy atom. The van der Waals surface area contributed by atoms with E-state index >= 15 is 0 Å². The molecule has 2 aliphatic rings. The zero-order chi connectivity index (χ0) is 23.2. The highest BCUT2D eigenvalue weighted by atomic mass is 35.5. The summed E-state index contributed by atoms with van der Waals surface area (Å²) in [4.78, 5) is 2.32. The molecule has 0 bridgehead atoms. The van der Waals surface area contributed by atoms with E-state index in [1.165, 1.54) is 35.6 Å². The van der Waals surface area contributed by atoms with Gasteiger partial charge >= 0.3 is 0 Å². The molecule has 0 N–H and O–H groups in total. The first-order valence-corrected chi connectivity index (χ1v) is 12.7. The van der Waals surface area contributed by atoms with Crippen molar-refractivity contribution < 1.29 is 0 Å². The summed E-state index contributed by atoms with van der Waals surface area (Å²) < 4.78 is 0. The Hall–Kier alpha value is -1.53. The lowest BCUT2D eigenvalue weighted by atomic mass is 9.94. The highest BCUT2D eigenvalue weighted by Crippen LogP contribution is 2.60. The van der Waals surface area contributed by atoms with Gasteiger partial charge < -0.3 is 4.90 Å². The van der Waals surface area contributed by atoms with Crippen LogP contribution in [0.25, 0.3) is 0 Å². The first kappa shape index (κ1) is 25.1. The van der Waals surface area contributed by atoms with Crippen LogP contribution in [0.3, 0.4) is 0 Å². The minimum atomic E-state index is -0.143. The molecule has 0 atom stereocenters. The molecule has 0 radical (unpaired) electrons. The van der Waals surface area contributed by atoms with Crippen molar-refractivity contribution in [1.29, 1.82) is 5.26 Å². The Kier molecular flexibility index (Phi) is 8.68. The van der Waals surface area contributed by atoms with Crippen LogP contribution in [0.4, 0.5) is 0 Å². The van der Waals surface area contributed by atoms with Crippen molar-refractivity contribution in [2.45, 2.75) is 81.5 Å². The maximum absolute atomic E-state index is 7.32. The van der Waals surface area contributed by atoms with Crippen LogP contribution in [0, 0.1) is 11.3 Å². The number of nitrogens with zero attached hydrogens (tertiary/aromatic N) is 2. The molecule has 2 aromatic carbocycles. The lowest BCUT2D eigenvalue weighted by molar-refractivity contribution is 0.222. The number of alkyl halides is 2. The normalized spacial score (nSPS) is 17.4. The van der Waals surface area contributed by atoms with Crippen LogP contribution in [0.1, 0.15) is 75.1 Å². The molecule has 2 fully saturated rings. The van der Waals surface area contributed by atoms with Crippen LogP contribution in [0.5, 0.6) is 0 Å². The molecule has 0 heterocycles. The van der Waals surface area contributed by atoms with Crippen molar-refractivity contribution in [2.24, 2.45) is 0 Å². The second kappa shape index (κ2) is 11.1. The number of halogens is 2. The predicted octanol–water partition coefficient (Wildman–Crippen LogP) is 7.56. The van der Waals surface area contributed by atoms with Gasteiger partial charge in [-0.15, -0.1) is 23.2 Å². The van der Waals surface area contributed by atoms with Gasteiger partial charge in [0.1, 0.15) is 0 Å². The fourth-order valence-electron chi connectivity index (χ4n) is 4.30. The fourth-order valence-corrected chi connectivity index (χ4v) is 4.81. The molecule has 2 saturated carbocycles. The molecule has 0 unspecified atom stereocenters. The highest BCUT2D eigenvalue weighted by Gasteiger charge is 2.50. The molecule has 4 heteroatoms. The SMILES string of the molecule is CC#N.CC(C)N(CCCc1ccc(C2(Cl)CC2)c(C2(Cl)CC2)c1)CCc1ccccc1. The maximum Gasteiger partial charge on any atom is 0.0699 e. The van der Waals surface area contributed by atoms with Crippen LogP contribution in [0.15, 0.2) is 48.5 Å². The molecule has 0 spiro atoms. The molecular weight excluding hydrogens is 435 g/mol. The Balaban J connectivity index is 0.000000913. The number of nitriles is 1. The molecule has 0 aliphatic heterocycles. The number of aryl methyl sites for hydroxylation is 1. The van der Waals surface area contributed by atoms with Crippen molar-refractivity contribution in [2.75, 3.05) is 13.1 Å². The third-order valence-corrected chi connectivity index (χ3v) is 7.76. The minimum absolute atomic E-state index is 0.135. The first-order valence-electron chi connectivity index (χ1n) is 11.9. The molecule has 0 amide bonds. The van der Waals surface area contributed by atoms with E-state index in [2.05, 4.69) is 67.3 Å². The average molecular weight is 472 g/mol. The van der Waals surface area contributed by atoms with Gasteiger partial charge in [0.25, 0.3) is 0 Å². The standard InChI is InChI=1S/C26H33Cl2N.C2H3N/c1-20(2)29(18-12-21-7-4-3-5-8-21)17-6-9-22-10-11-23(25(27)13-14-25)24(19-22)26(28)15-16-26;1-2-3/h3-5,7-8,10-11,19-20H,6,9,12-18H2,1-2H3;1H3. The van der Waals surface area contributed by atoms with Gasteiger partial charge in [-0.2, -0.15) is 5.26 Å². The first-order chi connectivity index (χ1) is 15.3. The topological polar surface area (TPSA) is 27.0 Å². The van der Waals surface area contributed by atoms with Crippen molar-refractivity contribution in [1.82, 2.24) is 4.90 Å². The van der Waals surface area contributed by atoms with Gasteiger partial charge in [0.05, 0.1) is 15.8 Å². The van der Waals surface area contributed by atoms with E-state index < -0.39 is 0 Å². The van der Waals surface area contributed by atoms with Crippen molar-refractivity contribution >= 4 is 23.2 Å². The van der Waals surface area contributed by atoms with E-state index in [9.17, 15) is 0 Å². The highest BCUT2D eigenvalue weighted by molar-refractivity contribution is 6.28. The second-order valence-corrected chi connectivity index (χ2v) is 11.0. The van der Waals surface area contributed by atoms with Gasteiger partial charge in [-0.05, 0) is 87.6 Å². The van der Waals surface area contributed by atoms with Gasteiger partial charge in [0.15, 0.2) is 0 Å². The quantitative estimate of drug-likeness (QED) is 0.334. The van der Waals surface area contributed by atoms with Crippen LogP contribution >= 0.6 is 23.2 Å². The predicted molar refractivity (Wildman–Crippen MR) is 136 cm³/mol. The molecule has 0 aromatic heterocycles. The molecule has 32 heavy (non-hydrogen) atoms. The van der Waals surface area contributed by atoms with E-state index in [0.29, 0.717) is 6.04 Å². The van der Waals surface area contributed by atoms with Gasteiger partial charge in [-0.3, -0.25) is 0 Å². The maximum atomic E-state index is 7.32. The molecule has 2 nitrogen and oxygen atoms in total. The number of rotatable bonds is 10. The lowest BCUT2D eigenvalue weighted by Crippen LogP contribution is -2.34. The molecule has 0 saturated heterocycles. The van der Waals surface area contributed by atoms with E-state index in [1.54, 1.807) is 6.07 Å². The minimum Gasteiger partial charge on any atom is -0.301 e. The summed E-state index contributed by atoms with van der Waals surface area (Å²) in [7, 11) is 0. The summed E-state index contributed by atoms with van der Waals surface area (Å²) >= 11 is 13.6. The van der Waals surface area contributed by atoms with Crippen LogP contribution in [0.2, 0.25) is 0 Å². The van der Waals surface area contributed by atoms with Gasteiger partial charge in [-0.1, -0.05) is 48.5 Å². The summed E-state index contributed by atoms with van der Waals surface area (Å²) in [6, 6.07) is 20.0. The van der Waals surface area contributed by atoms with Gasteiger partial charge in [0.2, 0.25) is 0 Å². The Morgan fingerprint density at radius 3 is 2.03 bits per heavy atom. The van der Waals surface area contributed by atoms with Crippen molar-refractivity contribution in [3.05, 3.63) is 70.8 Å². The molecular formula is C28H36Cl2N2. The third-order valence-electron chi connectivity index (χ3n) is 6.60. The second-order valence-electron chi connectivity index (χ2n) is 9.50. The number of benzene rings is 2. The molecule has 2 aromatic rings. The average Bonchev–Trinajstić information content (AvgIpc) is 3.70. The van der Waals surface area contributed by atoms with Crippen LogP contribution in [-0.4, -0.2) is 24.0 Å². The molecule has 172 valence electrons. The third kappa shape index (κ3) is 6.74. The van der Waals surface area contributed by atoms with Crippen molar-refractivity contribution in [3.63, 3.8) is 0 Å². The lowest BCUT2D eigenvalue weighted by Gasteiger charge is -2.26. The number of hydrogen-bond donors (Lipinski definition) is 0. The summed E-state index contributed by atoms with van der Waals surface area (Å²) in [5, 5.41) is 7.32. The fraction of sp³-hybridized carbons (Fsp3) is 0.536. The smallest absolute Gasteiger partial charge is 0.0699 e. The Bertz CT molecular complexity index is 909. The molecule has 2 aliphatic carbocycles. The molecule has 4 rings (SSSR count). The Labute approximate surface area is 204 Å². The van der Waals surface area contributed by atoms with E-state index in [-0.39, 0.29) is 9.75 Å². The summed E-state index contributed by atoms with van der Waals surface area (Å²) in [6.45, 7) is 8.29. The summed E-state index contributed by atoms with van der Waals surface area (Å²) in [5.74, 6) is 0. The summed E-state index contributed by atoms with van der Waals surface area (Å²) in [6.07, 6.45) is 7.72. The largest absolute Gasteiger partial charge is 0.301 e. The number of hydrogen-bond acceptors (Lipinski definition) is 2. The van der Waals surface area contributed by atoms with Gasteiger partial charge in [0, 0.05) is 19.5 Å². The zero-order valence-corrected chi connectivity index (χ0v) is 21.2. The van der Waals surface area contributed by atoms with E-state index in [0.717, 1.165) is 51.6 Å². The van der Waals surface area contributed by atoms with E-state index in [4.69, 9.17) is 28.5 Å². The Morgan fingerprint density at radius 2 is 1.47 bits per heavy atom.